The number of carbonyl (C=O) groups excluding carboxylic acids is 1. The Balaban J connectivity index is 1.67. The molecule has 0 saturated carbocycles. The number of benzene rings is 3. The maximum Gasteiger partial charge on any atom is 0.304 e. The van der Waals surface area contributed by atoms with Crippen LogP contribution in [-0.4, -0.2) is 30.2 Å². The molecule has 1 amide bonds. The first-order valence-corrected chi connectivity index (χ1v) is 12.5. The Morgan fingerprint density at radius 3 is 2.38 bits per heavy atom. The number of carbonyl (C=O) groups is 1. The van der Waals surface area contributed by atoms with E-state index in [1.807, 2.05) is 55.5 Å². The summed E-state index contributed by atoms with van der Waals surface area (Å²) < 4.78 is 30.8. The van der Waals surface area contributed by atoms with Crippen LogP contribution in [0, 0.1) is 0 Å². The molecule has 0 bridgehead atoms. The molecule has 3 aromatic carbocycles. The van der Waals surface area contributed by atoms with Crippen LogP contribution in [0.25, 0.3) is 20.8 Å². The first-order valence-electron chi connectivity index (χ1n) is 10.2. The Kier molecular flexibility index (Phi) is 6.36. The van der Waals surface area contributed by atoms with Crippen LogP contribution in [-0.2, 0) is 10.2 Å². The number of para-hydroxylation sites is 1. The molecule has 6 nitrogen and oxygen atoms in total. The zero-order chi connectivity index (χ0) is 22.7. The van der Waals surface area contributed by atoms with E-state index in [1.165, 1.54) is 4.31 Å². The summed E-state index contributed by atoms with van der Waals surface area (Å²) >= 11 is 1.57. The van der Waals surface area contributed by atoms with Crippen LogP contribution in [0.2, 0.25) is 0 Å². The molecule has 4 rings (SSSR count). The van der Waals surface area contributed by atoms with Gasteiger partial charge in [0.25, 0.3) is 5.91 Å². The van der Waals surface area contributed by atoms with Crippen molar-refractivity contribution in [2.45, 2.75) is 19.9 Å². The summed E-state index contributed by atoms with van der Waals surface area (Å²) in [7, 11) is -4.07. The van der Waals surface area contributed by atoms with E-state index in [1.54, 1.807) is 48.6 Å². The number of hydrogen-bond donors (Lipinski definition) is 1. The molecule has 0 fully saturated rings. The molecular formula is C24H23N3O3S2. The fourth-order valence-corrected chi connectivity index (χ4v) is 6.03. The molecule has 1 aromatic heterocycles. The molecule has 1 N–H and O–H groups in total. The fraction of sp³-hybridized carbons (Fsp3) is 0.167. The van der Waals surface area contributed by atoms with Crippen LogP contribution in [0.15, 0.2) is 78.9 Å². The van der Waals surface area contributed by atoms with Gasteiger partial charge in [-0.05, 0) is 36.8 Å². The summed E-state index contributed by atoms with van der Waals surface area (Å²) in [6, 6.07) is 23.3. The summed E-state index contributed by atoms with van der Waals surface area (Å²) in [5.41, 5.74) is 2.90. The Bertz CT molecular complexity index is 1320. The van der Waals surface area contributed by atoms with Crippen molar-refractivity contribution in [3.05, 3.63) is 90.0 Å². The van der Waals surface area contributed by atoms with Gasteiger partial charge < -0.3 is 0 Å². The summed E-state index contributed by atoms with van der Waals surface area (Å²) in [6.07, 6.45) is 0. The Labute approximate surface area is 191 Å². The van der Waals surface area contributed by atoms with E-state index in [4.69, 9.17) is 4.98 Å². The highest BCUT2D eigenvalue weighted by molar-refractivity contribution is 7.87. The maximum absolute atomic E-state index is 13.1. The second kappa shape index (κ2) is 9.20. The van der Waals surface area contributed by atoms with Crippen molar-refractivity contribution in [1.82, 2.24) is 14.0 Å². The predicted octanol–water partition coefficient (Wildman–Crippen LogP) is 5.02. The minimum Gasteiger partial charge on any atom is -0.268 e. The number of hydrogen-bond acceptors (Lipinski definition) is 5. The van der Waals surface area contributed by atoms with Gasteiger partial charge in [-0.15, -0.1) is 11.3 Å². The number of nitrogens with zero attached hydrogens (tertiary/aromatic N) is 2. The maximum atomic E-state index is 13.1. The largest absolute Gasteiger partial charge is 0.304 e. The molecule has 1 atom stereocenters. The van der Waals surface area contributed by atoms with Gasteiger partial charge in [0.2, 0.25) is 0 Å². The lowest BCUT2D eigenvalue weighted by Gasteiger charge is -2.28. The molecule has 1 unspecified atom stereocenters. The van der Waals surface area contributed by atoms with Crippen molar-refractivity contribution in [3.63, 3.8) is 0 Å². The standard InChI is InChI=1S/C24H23N3O3S2/c1-3-27(32(29,30)26-23(28)18-11-5-4-6-12-18)17(2)19-13-7-8-14-20(19)24-25-21-15-9-10-16-22(21)31-24/h4-17H,3H2,1-2H3,(H,26,28). The first-order chi connectivity index (χ1) is 15.4. The van der Waals surface area contributed by atoms with Gasteiger partial charge in [0.1, 0.15) is 5.01 Å². The Morgan fingerprint density at radius 2 is 1.66 bits per heavy atom. The second-order valence-corrected chi connectivity index (χ2v) is 9.91. The minimum atomic E-state index is -4.07. The van der Waals surface area contributed by atoms with Gasteiger partial charge in [-0.1, -0.05) is 61.5 Å². The zero-order valence-corrected chi connectivity index (χ0v) is 19.4. The van der Waals surface area contributed by atoms with E-state index in [0.29, 0.717) is 0 Å². The molecule has 8 heteroatoms. The monoisotopic (exact) mass is 465 g/mol. The van der Waals surface area contributed by atoms with E-state index in [9.17, 15) is 13.2 Å². The van der Waals surface area contributed by atoms with E-state index >= 15 is 0 Å². The Morgan fingerprint density at radius 1 is 1.00 bits per heavy atom. The highest BCUT2D eigenvalue weighted by atomic mass is 32.2. The number of aromatic nitrogens is 1. The van der Waals surface area contributed by atoms with Crippen LogP contribution in [0.5, 0.6) is 0 Å². The third-order valence-electron chi connectivity index (χ3n) is 5.25. The molecule has 4 aromatic rings. The highest BCUT2D eigenvalue weighted by Crippen LogP contribution is 2.36. The molecule has 32 heavy (non-hydrogen) atoms. The summed E-state index contributed by atoms with van der Waals surface area (Å²) in [5, 5.41) is 0.829. The van der Waals surface area contributed by atoms with Crippen molar-refractivity contribution in [2.24, 2.45) is 0 Å². The molecule has 0 radical (unpaired) electrons. The molecule has 1 heterocycles. The van der Waals surface area contributed by atoms with Crippen LogP contribution in [0.1, 0.15) is 35.8 Å². The van der Waals surface area contributed by atoms with Crippen molar-refractivity contribution in [2.75, 3.05) is 6.54 Å². The molecule has 164 valence electrons. The lowest BCUT2D eigenvalue weighted by Crippen LogP contribution is -2.44. The van der Waals surface area contributed by atoms with Crippen molar-refractivity contribution >= 4 is 37.7 Å². The summed E-state index contributed by atoms with van der Waals surface area (Å²) in [4.78, 5) is 17.2. The van der Waals surface area contributed by atoms with E-state index < -0.39 is 22.2 Å². The van der Waals surface area contributed by atoms with Crippen LogP contribution >= 0.6 is 11.3 Å². The van der Waals surface area contributed by atoms with E-state index in [-0.39, 0.29) is 12.1 Å². The lowest BCUT2D eigenvalue weighted by atomic mass is 10.0. The number of amides is 1. The molecule has 0 spiro atoms. The van der Waals surface area contributed by atoms with Crippen LogP contribution < -0.4 is 4.72 Å². The molecule has 0 aliphatic heterocycles. The predicted molar refractivity (Wildman–Crippen MR) is 129 cm³/mol. The highest BCUT2D eigenvalue weighted by Gasteiger charge is 2.30. The number of nitrogens with one attached hydrogen (secondary N) is 1. The van der Waals surface area contributed by atoms with Gasteiger partial charge in [0, 0.05) is 23.7 Å². The van der Waals surface area contributed by atoms with Gasteiger partial charge in [-0.25, -0.2) is 9.71 Å². The van der Waals surface area contributed by atoms with Crippen molar-refractivity contribution in [1.29, 1.82) is 0 Å². The average molecular weight is 466 g/mol. The fourth-order valence-electron chi connectivity index (χ4n) is 3.67. The second-order valence-electron chi connectivity index (χ2n) is 7.26. The first kappa shape index (κ1) is 22.1. The number of thiazole rings is 1. The minimum absolute atomic E-state index is 0.201. The molecule has 0 saturated heterocycles. The summed E-state index contributed by atoms with van der Waals surface area (Å²) in [6.45, 7) is 3.78. The van der Waals surface area contributed by atoms with Gasteiger partial charge in [-0.2, -0.15) is 12.7 Å². The average Bonchev–Trinajstić information content (AvgIpc) is 3.24. The smallest absolute Gasteiger partial charge is 0.268 e. The van der Waals surface area contributed by atoms with Crippen molar-refractivity contribution < 1.29 is 13.2 Å². The summed E-state index contributed by atoms with van der Waals surface area (Å²) in [5.74, 6) is -0.657. The Hall–Kier alpha value is -3.07. The zero-order valence-electron chi connectivity index (χ0n) is 17.7. The van der Waals surface area contributed by atoms with Gasteiger partial charge in [0.15, 0.2) is 0 Å². The molecule has 0 aliphatic carbocycles. The molecular weight excluding hydrogens is 442 g/mol. The SMILES string of the molecule is CCN(C(C)c1ccccc1-c1nc2ccccc2s1)S(=O)(=O)NC(=O)c1ccccc1. The topological polar surface area (TPSA) is 79.4 Å². The number of fused-ring (bicyclic) bond motifs is 1. The van der Waals surface area contributed by atoms with Crippen LogP contribution in [0.3, 0.4) is 0 Å². The van der Waals surface area contributed by atoms with Gasteiger partial charge >= 0.3 is 10.2 Å². The quantitative estimate of drug-likeness (QED) is 0.416. The number of rotatable bonds is 7. The normalized spacial score (nSPS) is 12.7. The third-order valence-corrected chi connectivity index (χ3v) is 7.95. The van der Waals surface area contributed by atoms with E-state index in [0.717, 1.165) is 26.4 Å². The van der Waals surface area contributed by atoms with E-state index in [2.05, 4.69) is 4.72 Å². The van der Waals surface area contributed by atoms with Crippen molar-refractivity contribution in [3.8, 4) is 10.6 Å². The lowest BCUT2D eigenvalue weighted by molar-refractivity contribution is 0.0978. The van der Waals surface area contributed by atoms with Gasteiger partial charge in [-0.3, -0.25) is 4.79 Å². The molecule has 0 aliphatic rings. The third kappa shape index (κ3) is 4.43. The van der Waals surface area contributed by atoms with Crippen LogP contribution in [0.4, 0.5) is 0 Å². The van der Waals surface area contributed by atoms with Gasteiger partial charge in [0.05, 0.1) is 10.2 Å².